The summed E-state index contributed by atoms with van der Waals surface area (Å²) in [6, 6.07) is 4.64. The molecule has 2 atom stereocenters. The summed E-state index contributed by atoms with van der Waals surface area (Å²) in [5.74, 6) is 0.0195. The third kappa shape index (κ3) is 4.56. The lowest BCUT2D eigenvalue weighted by Crippen LogP contribution is -2.41. The minimum Gasteiger partial charge on any atom is -0.444 e. The second kappa shape index (κ2) is 7.60. The van der Waals surface area contributed by atoms with Crippen LogP contribution in [0.4, 0.5) is 10.5 Å². The first-order valence-corrected chi connectivity index (χ1v) is 11.2. The van der Waals surface area contributed by atoms with Crippen LogP contribution in [0.2, 0.25) is 0 Å². The van der Waals surface area contributed by atoms with Gasteiger partial charge in [0.25, 0.3) is 0 Å². The SMILES string of the molecule is CC(=O)N1CC(C)c2cc(S(=O)(=O)N3CC[C@@H](NC(=O)OC(C)(C)C)C3)ccc21. The Balaban J connectivity index is 1.73. The highest BCUT2D eigenvalue weighted by Gasteiger charge is 2.36. The highest BCUT2D eigenvalue weighted by atomic mass is 32.2. The number of nitrogens with one attached hydrogen (secondary N) is 1. The average molecular weight is 424 g/mol. The minimum atomic E-state index is -3.69. The summed E-state index contributed by atoms with van der Waals surface area (Å²) in [7, 11) is -3.69. The van der Waals surface area contributed by atoms with E-state index in [4.69, 9.17) is 4.74 Å². The Hall–Kier alpha value is -2.13. The minimum absolute atomic E-state index is 0.0539. The van der Waals surface area contributed by atoms with Gasteiger partial charge in [0.15, 0.2) is 0 Å². The van der Waals surface area contributed by atoms with Crippen molar-refractivity contribution >= 4 is 27.7 Å². The van der Waals surface area contributed by atoms with Crippen LogP contribution in [-0.2, 0) is 19.6 Å². The standard InChI is InChI=1S/C20H29N3O5S/c1-13-11-23(14(2)24)18-7-6-16(10-17(13)18)29(26,27)22-9-8-15(12-22)21-19(25)28-20(3,4)5/h6-7,10,13,15H,8-9,11-12H2,1-5H3,(H,21,25)/t13?,15-/m1/s1. The van der Waals surface area contributed by atoms with Gasteiger partial charge in [0, 0.05) is 44.2 Å². The van der Waals surface area contributed by atoms with E-state index in [1.54, 1.807) is 43.9 Å². The van der Waals surface area contributed by atoms with Gasteiger partial charge >= 0.3 is 6.09 Å². The number of rotatable bonds is 3. The van der Waals surface area contributed by atoms with Gasteiger partial charge in [0.05, 0.1) is 4.90 Å². The highest BCUT2D eigenvalue weighted by molar-refractivity contribution is 7.89. The van der Waals surface area contributed by atoms with Crippen LogP contribution in [0.1, 0.15) is 52.5 Å². The Morgan fingerprint density at radius 1 is 1.21 bits per heavy atom. The molecular weight excluding hydrogens is 394 g/mol. The van der Waals surface area contributed by atoms with E-state index in [0.29, 0.717) is 19.5 Å². The van der Waals surface area contributed by atoms with E-state index in [0.717, 1.165) is 11.3 Å². The van der Waals surface area contributed by atoms with E-state index >= 15 is 0 Å². The number of anilines is 1. The van der Waals surface area contributed by atoms with Gasteiger partial charge in [-0.25, -0.2) is 13.2 Å². The summed E-state index contributed by atoms with van der Waals surface area (Å²) < 4.78 is 32.9. The third-order valence-electron chi connectivity index (χ3n) is 5.17. The molecule has 2 amide bonds. The fraction of sp³-hybridized carbons (Fsp3) is 0.600. The van der Waals surface area contributed by atoms with Gasteiger partial charge in [-0.05, 0) is 51.0 Å². The van der Waals surface area contributed by atoms with Crippen molar-refractivity contribution in [3.05, 3.63) is 23.8 Å². The Morgan fingerprint density at radius 2 is 1.90 bits per heavy atom. The normalized spacial score (nSPS) is 22.4. The molecule has 2 aliphatic rings. The second-order valence-electron chi connectivity index (χ2n) is 8.75. The zero-order valence-electron chi connectivity index (χ0n) is 17.6. The molecule has 1 N–H and O–H groups in total. The molecular formula is C20H29N3O5S. The molecule has 2 aliphatic heterocycles. The van der Waals surface area contributed by atoms with Gasteiger partial charge < -0.3 is 15.0 Å². The number of fused-ring (bicyclic) bond motifs is 1. The number of carbonyl (C=O) groups is 2. The van der Waals surface area contributed by atoms with Crippen molar-refractivity contribution in [3.8, 4) is 0 Å². The quantitative estimate of drug-likeness (QED) is 0.806. The van der Waals surface area contributed by atoms with Gasteiger partial charge in [0.1, 0.15) is 5.60 Å². The fourth-order valence-electron chi connectivity index (χ4n) is 3.79. The molecule has 0 aliphatic carbocycles. The molecule has 0 aromatic heterocycles. The van der Waals surface area contributed by atoms with Crippen molar-refractivity contribution in [2.75, 3.05) is 24.5 Å². The molecule has 1 unspecified atom stereocenters. The molecule has 1 aromatic rings. The largest absolute Gasteiger partial charge is 0.444 e. The van der Waals surface area contributed by atoms with Gasteiger partial charge in [-0.2, -0.15) is 4.31 Å². The Kier molecular flexibility index (Phi) is 5.66. The molecule has 9 heteroatoms. The van der Waals surface area contributed by atoms with Crippen LogP contribution in [0.5, 0.6) is 0 Å². The van der Waals surface area contributed by atoms with Crippen LogP contribution in [0.3, 0.4) is 0 Å². The summed E-state index contributed by atoms with van der Waals surface area (Å²) in [6.45, 7) is 9.91. The first-order chi connectivity index (χ1) is 13.4. The lowest BCUT2D eigenvalue weighted by atomic mass is 10.0. The number of amides is 2. The zero-order chi connectivity index (χ0) is 21.6. The molecule has 0 spiro atoms. The number of hydrogen-bond acceptors (Lipinski definition) is 5. The molecule has 2 heterocycles. The average Bonchev–Trinajstić information content (AvgIpc) is 3.18. The van der Waals surface area contributed by atoms with E-state index in [9.17, 15) is 18.0 Å². The van der Waals surface area contributed by atoms with Crippen LogP contribution in [0.15, 0.2) is 23.1 Å². The molecule has 160 valence electrons. The Bertz CT molecular complexity index is 923. The van der Waals surface area contributed by atoms with Crippen molar-refractivity contribution in [2.45, 2.75) is 63.5 Å². The smallest absolute Gasteiger partial charge is 0.407 e. The van der Waals surface area contributed by atoms with Gasteiger partial charge in [-0.3, -0.25) is 4.79 Å². The lowest BCUT2D eigenvalue weighted by molar-refractivity contribution is -0.116. The van der Waals surface area contributed by atoms with Crippen LogP contribution in [0.25, 0.3) is 0 Å². The molecule has 0 radical (unpaired) electrons. The molecule has 3 rings (SSSR count). The van der Waals surface area contributed by atoms with E-state index in [1.807, 2.05) is 6.92 Å². The Morgan fingerprint density at radius 3 is 2.52 bits per heavy atom. The monoisotopic (exact) mass is 423 g/mol. The fourth-order valence-corrected chi connectivity index (χ4v) is 5.33. The van der Waals surface area contributed by atoms with Crippen molar-refractivity contribution in [1.29, 1.82) is 0 Å². The lowest BCUT2D eigenvalue weighted by Gasteiger charge is -2.22. The number of sulfonamides is 1. The maximum Gasteiger partial charge on any atom is 0.407 e. The Labute approximate surface area is 172 Å². The van der Waals surface area contributed by atoms with Crippen molar-refractivity contribution in [1.82, 2.24) is 9.62 Å². The maximum atomic E-state index is 13.1. The topological polar surface area (TPSA) is 96.0 Å². The summed E-state index contributed by atoms with van der Waals surface area (Å²) in [5, 5.41) is 2.74. The van der Waals surface area contributed by atoms with Crippen LogP contribution >= 0.6 is 0 Å². The van der Waals surface area contributed by atoms with E-state index < -0.39 is 21.7 Å². The first kappa shape index (κ1) is 21.6. The molecule has 8 nitrogen and oxygen atoms in total. The number of alkyl carbamates (subject to hydrolysis) is 1. The van der Waals surface area contributed by atoms with E-state index in [2.05, 4.69) is 5.32 Å². The van der Waals surface area contributed by atoms with E-state index in [1.165, 1.54) is 11.2 Å². The van der Waals surface area contributed by atoms with Crippen molar-refractivity contribution in [2.24, 2.45) is 0 Å². The highest BCUT2D eigenvalue weighted by Crippen LogP contribution is 2.38. The summed E-state index contributed by atoms with van der Waals surface area (Å²) in [6.07, 6.45) is -0.0183. The van der Waals surface area contributed by atoms with Gasteiger partial charge in [-0.1, -0.05) is 6.92 Å². The van der Waals surface area contributed by atoms with Crippen molar-refractivity contribution in [3.63, 3.8) is 0 Å². The number of carbonyl (C=O) groups excluding carboxylic acids is 2. The second-order valence-corrected chi connectivity index (χ2v) is 10.7. The number of benzene rings is 1. The summed E-state index contributed by atoms with van der Waals surface area (Å²) >= 11 is 0. The zero-order valence-corrected chi connectivity index (χ0v) is 18.4. The molecule has 1 fully saturated rings. The maximum absolute atomic E-state index is 13.1. The number of hydrogen-bond donors (Lipinski definition) is 1. The van der Waals surface area contributed by atoms with Crippen LogP contribution in [-0.4, -0.2) is 56.0 Å². The molecule has 1 aromatic carbocycles. The number of nitrogens with zero attached hydrogens (tertiary/aromatic N) is 2. The molecule has 1 saturated heterocycles. The predicted molar refractivity (Wildman–Crippen MR) is 109 cm³/mol. The summed E-state index contributed by atoms with van der Waals surface area (Å²) in [4.78, 5) is 25.7. The molecule has 29 heavy (non-hydrogen) atoms. The first-order valence-electron chi connectivity index (χ1n) is 9.80. The molecule has 0 saturated carbocycles. The molecule has 0 bridgehead atoms. The van der Waals surface area contributed by atoms with Crippen LogP contribution in [0, 0.1) is 0 Å². The number of ether oxygens (including phenoxy) is 1. The van der Waals surface area contributed by atoms with E-state index in [-0.39, 0.29) is 29.3 Å². The summed E-state index contributed by atoms with van der Waals surface area (Å²) in [5.41, 5.74) is 1.03. The van der Waals surface area contributed by atoms with Gasteiger partial charge in [0.2, 0.25) is 15.9 Å². The predicted octanol–water partition coefficient (Wildman–Crippen LogP) is 2.44. The van der Waals surface area contributed by atoms with Crippen molar-refractivity contribution < 1.29 is 22.7 Å². The van der Waals surface area contributed by atoms with Crippen LogP contribution < -0.4 is 10.2 Å². The van der Waals surface area contributed by atoms with Gasteiger partial charge in [-0.15, -0.1) is 0 Å². The third-order valence-corrected chi connectivity index (χ3v) is 7.03.